The summed E-state index contributed by atoms with van der Waals surface area (Å²) in [6, 6.07) is 5.39. The molecule has 2 rings (SSSR count). The van der Waals surface area contributed by atoms with Gasteiger partial charge in [-0.2, -0.15) is 0 Å². The minimum Gasteiger partial charge on any atom is -0.311 e. The highest BCUT2D eigenvalue weighted by Gasteiger charge is 2.05. The number of pyridine rings is 2. The van der Waals surface area contributed by atoms with Gasteiger partial charge in [-0.25, -0.2) is 9.97 Å². The number of fused-ring (bicyclic) bond motifs is 1. The summed E-state index contributed by atoms with van der Waals surface area (Å²) in [5.41, 5.74) is 1.54. The summed E-state index contributed by atoms with van der Waals surface area (Å²) < 4.78 is 0. The Morgan fingerprint density at radius 3 is 2.81 bits per heavy atom. The molecule has 0 radical (unpaired) electrons. The van der Waals surface area contributed by atoms with Crippen molar-refractivity contribution in [3.8, 4) is 0 Å². The van der Waals surface area contributed by atoms with Gasteiger partial charge in [-0.15, -0.1) is 0 Å². The van der Waals surface area contributed by atoms with Gasteiger partial charge in [0.25, 0.3) is 0 Å². The lowest BCUT2D eigenvalue weighted by Gasteiger charge is -2.05. The molecule has 0 bridgehead atoms. The van der Waals surface area contributed by atoms with E-state index >= 15 is 0 Å². The van der Waals surface area contributed by atoms with Gasteiger partial charge in [0, 0.05) is 12.3 Å². The third kappa shape index (κ3) is 2.12. The number of hydrogen-bond donors (Lipinski definition) is 1. The monoisotopic (exact) mass is 235 g/mol. The van der Waals surface area contributed by atoms with Gasteiger partial charge in [0.1, 0.15) is 11.0 Å². The molecule has 1 N–H and O–H groups in total. The number of hydrogen-bond acceptors (Lipinski definition) is 3. The molecular formula is C11H10ClN3O. The summed E-state index contributed by atoms with van der Waals surface area (Å²) in [5, 5.41) is 3.94. The summed E-state index contributed by atoms with van der Waals surface area (Å²) in [6.45, 7) is 3.37. The van der Waals surface area contributed by atoms with E-state index in [0.29, 0.717) is 16.6 Å². The quantitative estimate of drug-likeness (QED) is 0.773. The summed E-state index contributed by atoms with van der Waals surface area (Å²) in [7, 11) is 0. The number of carbonyl (C=O) groups is 1. The maximum Gasteiger partial charge on any atom is 0.222 e. The molecule has 0 fully saturated rings. The van der Waals surface area contributed by atoms with Gasteiger partial charge in [0.2, 0.25) is 5.91 Å². The zero-order valence-corrected chi connectivity index (χ0v) is 9.67. The molecule has 0 aromatic carbocycles. The number of carbonyl (C=O) groups excluding carboxylic acids is 1. The second-order valence-electron chi connectivity index (χ2n) is 3.51. The Morgan fingerprint density at radius 2 is 2.12 bits per heavy atom. The van der Waals surface area contributed by atoms with Crippen molar-refractivity contribution in [1.29, 1.82) is 0 Å². The average molecular weight is 236 g/mol. The first-order chi connectivity index (χ1) is 7.56. The molecule has 0 aliphatic rings. The lowest BCUT2D eigenvalue weighted by Crippen LogP contribution is -2.08. The van der Waals surface area contributed by atoms with E-state index < -0.39 is 0 Å². The molecule has 0 aliphatic heterocycles. The van der Waals surface area contributed by atoms with Crippen molar-refractivity contribution < 1.29 is 4.79 Å². The van der Waals surface area contributed by atoms with Crippen LogP contribution in [0.3, 0.4) is 0 Å². The fourth-order valence-electron chi connectivity index (χ4n) is 1.49. The standard InChI is InChI=1S/C11H10ClN3O/c1-6-5-10(13-7(2)16)15-11-8(6)3-4-9(12)14-11/h3-5H,1-2H3,(H,13,14,15,16). The Labute approximate surface area is 97.7 Å². The van der Waals surface area contributed by atoms with Gasteiger partial charge < -0.3 is 5.32 Å². The molecule has 16 heavy (non-hydrogen) atoms. The molecular weight excluding hydrogens is 226 g/mol. The molecule has 0 saturated carbocycles. The van der Waals surface area contributed by atoms with Crippen LogP contribution in [0.5, 0.6) is 0 Å². The molecule has 0 spiro atoms. The number of aryl methyl sites for hydroxylation is 1. The van der Waals surface area contributed by atoms with Crippen molar-refractivity contribution in [2.45, 2.75) is 13.8 Å². The van der Waals surface area contributed by atoms with Crippen molar-refractivity contribution in [3.63, 3.8) is 0 Å². The maximum atomic E-state index is 10.9. The van der Waals surface area contributed by atoms with Crippen LogP contribution in [0.25, 0.3) is 11.0 Å². The van der Waals surface area contributed by atoms with E-state index in [1.807, 2.05) is 13.0 Å². The molecule has 1 amide bonds. The van der Waals surface area contributed by atoms with Gasteiger partial charge in [0.15, 0.2) is 5.65 Å². The zero-order chi connectivity index (χ0) is 11.7. The van der Waals surface area contributed by atoms with E-state index in [2.05, 4.69) is 15.3 Å². The second-order valence-corrected chi connectivity index (χ2v) is 3.90. The number of anilines is 1. The Bertz CT molecular complexity index is 568. The first-order valence-corrected chi connectivity index (χ1v) is 5.15. The maximum absolute atomic E-state index is 10.9. The molecule has 0 atom stereocenters. The topological polar surface area (TPSA) is 54.9 Å². The highest BCUT2D eigenvalue weighted by Crippen LogP contribution is 2.20. The fraction of sp³-hybridized carbons (Fsp3) is 0.182. The molecule has 2 heterocycles. The largest absolute Gasteiger partial charge is 0.311 e. The zero-order valence-electron chi connectivity index (χ0n) is 8.91. The smallest absolute Gasteiger partial charge is 0.222 e. The van der Waals surface area contributed by atoms with E-state index in [1.54, 1.807) is 12.1 Å². The van der Waals surface area contributed by atoms with Gasteiger partial charge >= 0.3 is 0 Å². The average Bonchev–Trinajstić information content (AvgIpc) is 2.15. The van der Waals surface area contributed by atoms with E-state index in [9.17, 15) is 4.79 Å². The first kappa shape index (κ1) is 10.8. The van der Waals surface area contributed by atoms with E-state index in [4.69, 9.17) is 11.6 Å². The first-order valence-electron chi connectivity index (χ1n) is 4.78. The summed E-state index contributed by atoms with van der Waals surface area (Å²) in [6.07, 6.45) is 0. The number of aromatic nitrogens is 2. The Morgan fingerprint density at radius 1 is 1.38 bits per heavy atom. The van der Waals surface area contributed by atoms with Gasteiger partial charge in [-0.05, 0) is 30.7 Å². The van der Waals surface area contributed by atoms with Crippen molar-refractivity contribution >= 4 is 34.4 Å². The third-order valence-electron chi connectivity index (χ3n) is 2.15. The van der Waals surface area contributed by atoms with Crippen LogP contribution < -0.4 is 5.32 Å². The van der Waals surface area contributed by atoms with Crippen LogP contribution in [0.15, 0.2) is 18.2 Å². The Hall–Kier alpha value is -1.68. The van der Waals surface area contributed by atoms with Gasteiger partial charge in [-0.1, -0.05) is 11.6 Å². The summed E-state index contributed by atoms with van der Waals surface area (Å²) in [5.74, 6) is 0.334. The minimum absolute atomic E-state index is 0.159. The van der Waals surface area contributed by atoms with E-state index in [1.165, 1.54) is 6.92 Å². The lowest BCUT2D eigenvalue weighted by molar-refractivity contribution is -0.114. The highest BCUT2D eigenvalue weighted by atomic mass is 35.5. The predicted molar refractivity (Wildman–Crippen MR) is 63.6 cm³/mol. The highest BCUT2D eigenvalue weighted by molar-refractivity contribution is 6.29. The SMILES string of the molecule is CC(=O)Nc1cc(C)c2ccc(Cl)nc2n1. The number of halogens is 1. The van der Waals surface area contributed by atoms with Crippen LogP contribution >= 0.6 is 11.6 Å². The molecule has 0 aliphatic carbocycles. The van der Waals surface area contributed by atoms with Crippen molar-refractivity contribution in [1.82, 2.24) is 9.97 Å². The molecule has 4 nitrogen and oxygen atoms in total. The van der Waals surface area contributed by atoms with Crippen LogP contribution in [0, 0.1) is 6.92 Å². The van der Waals surface area contributed by atoms with Crippen LogP contribution in [0.1, 0.15) is 12.5 Å². The van der Waals surface area contributed by atoms with Crippen LogP contribution in [0.4, 0.5) is 5.82 Å². The third-order valence-corrected chi connectivity index (χ3v) is 2.36. The number of rotatable bonds is 1. The molecule has 82 valence electrons. The number of amides is 1. The Balaban J connectivity index is 2.60. The fourth-order valence-corrected chi connectivity index (χ4v) is 1.63. The summed E-state index contributed by atoms with van der Waals surface area (Å²) >= 11 is 5.79. The summed E-state index contributed by atoms with van der Waals surface area (Å²) in [4.78, 5) is 19.2. The van der Waals surface area contributed by atoms with Crippen LogP contribution in [-0.2, 0) is 4.79 Å². The van der Waals surface area contributed by atoms with Crippen LogP contribution in [0.2, 0.25) is 5.15 Å². The van der Waals surface area contributed by atoms with Gasteiger partial charge in [0.05, 0.1) is 0 Å². The molecule has 5 heteroatoms. The van der Waals surface area contributed by atoms with E-state index in [0.717, 1.165) is 10.9 Å². The molecule has 2 aromatic heterocycles. The van der Waals surface area contributed by atoms with Gasteiger partial charge in [-0.3, -0.25) is 4.79 Å². The molecule has 2 aromatic rings. The van der Waals surface area contributed by atoms with E-state index in [-0.39, 0.29) is 5.91 Å². The second kappa shape index (κ2) is 4.06. The van der Waals surface area contributed by atoms with Crippen molar-refractivity contribution in [3.05, 3.63) is 28.9 Å². The Kier molecular flexibility index (Phi) is 2.75. The predicted octanol–water partition coefficient (Wildman–Crippen LogP) is 2.55. The minimum atomic E-state index is -0.159. The van der Waals surface area contributed by atoms with Crippen molar-refractivity contribution in [2.75, 3.05) is 5.32 Å². The number of nitrogens with one attached hydrogen (secondary N) is 1. The lowest BCUT2D eigenvalue weighted by atomic mass is 10.2. The molecule has 0 saturated heterocycles. The van der Waals surface area contributed by atoms with Crippen molar-refractivity contribution in [2.24, 2.45) is 0 Å². The number of nitrogens with zero attached hydrogens (tertiary/aromatic N) is 2. The van der Waals surface area contributed by atoms with Crippen LogP contribution in [-0.4, -0.2) is 15.9 Å². The normalized spacial score (nSPS) is 10.4. The molecule has 0 unspecified atom stereocenters.